The van der Waals surface area contributed by atoms with Gasteiger partial charge in [0.15, 0.2) is 0 Å². The van der Waals surface area contributed by atoms with Crippen LogP contribution >= 0.6 is 0 Å². The first-order valence-electron chi connectivity index (χ1n) is 7.07. The van der Waals surface area contributed by atoms with Gasteiger partial charge in [0.1, 0.15) is 11.4 Å². The normalized spacial score (nSPS) is 16.6. The molecule has 2 N–H and O–H groups in total. The third kappa shape index (κ3) is 2.08. The molecular weight excluding hydrogens is 268 g/mol. The van der Waals surface area contributed by atoms with Crippen LogP contribution in [0.1, 0.15) is 18.9 Å². The van der Waals surface area contributed by atoms with E-state index in [4.69, 9.17) is 14.9 Å². The van der Waals surface area contributed by atoms with Gasteiger partial charge in [0.05, 0.1) is 23.9 Å². The van der Waals surface area contributed by atoms with Gasteiger partial charge in [-0.05, 0) is 18.9 Å². The second-order valence-corrected chi connectivity index (χ2v) is 5.27. The Kier molecular flexibility index (Phi) is 2.89. The summed E-state index contributed by atoms with van der Waals surface area (Å²) in [5, 5.41) is 5.33. The molecule has 3 aromatic heterocycles. The van der Waals surface area contributed by atoms with E-state index in [1.54, 1.807) is 12.5 Å². The van der Waals surface area contributed by atoms with Crippen molar-refractivity contribution in [2.24, 2.45) is 0 Å². The topological polar surface area (TPSA) is 79.1 Å². The van der Waals surface area contributed by atoms with Crippen molar-refractivity contribution in [1.29, 1.82) is 0 Å². The van der Waals surface area contributed by atoms with Crippen molar-refractivity contribution in [2.75, 3.05) is 18.9 Å². The molecule has 0 spiro atoms. The van der Waals surface area contributed by atoms with Crippen LogP contribution in [-0.2, 0) is 4.74 Å². The highest BCUT2D eigenvalue weighted by atomic mass is 16.5. The summed E-state index contributed by atoms with van der Waals surface area (Å²) in [7, 11) is 0. The highest BCUT2D eigenvalue weighted by Crippen LogP contribution is 2.32. The summed E-state index contributed by atoms with van der Waals surface area (Å²) in [4.78, 5) is 4.24. The Hall–Kier alpha value is -2.34. The quantitative estimate of drug-likeness (QED) is 0.782. The summed E-state index contributed by atoms with van der Waals surface area (Å²) in [5.41, 5.74) is 8.54. The van der Waals surface area contributed by atoms with E-state index in [1.165, 1.54) is 0 Å². The van der Waals surface area contributed by atoms with Gasteiger partial charge in [-0.3, -0.25) is 4.68 Å². The first kappa shape index (κ1) is 12.4. The van der Waals surface area contributed by atoms with Crippen LogP contribution in [0.5, 0.6) is 0 Å². The molecule has 0 atom stereocenters. The highest BCUT2D eigenvalue weighted by molar-refractivity contribution is 5.97. The van der Waals surface area contributed by atoms with Crippen molar-refractivity contribution in [2.45, 2.75) is 18.9 Å². The molecule has 0 radical (unpaired) electrons. The number of ether oxygens (including phenoxy) is 1. The number of nitrogen functional groups attached to an aromatic ring is 1. The summed E-state index contributed by atoms with van der Waals surface area (Å²) in [6.45, 7) is 1.59. The van der Waals surface area contributed by atoms with E-state index in [0.717, 1.165) is 48.2 Å². The maximum atomic E-state index is 5.86. The number of fused-ring (bicyclic) bond motifs is 1. The Morgan fingerprint density at radius 2 is 2.10 bits per heavy atom. The minimum atomic E-state index is 0.404. The van der Waals surface area contributed by atoms with Gasteiger partial charge in [-0.1, -0.05) is 0 Å². The molecule has 0 saturated carbocycles. The molecule has 1 saturated heterocycles. The first-order valence-corrected chi connectivity index (χ1v) is 7.07. The summed E-state index contributed by atoms with van der Waals surface area (Å²) in [6, 6.07) is 2.24. The molecule has 4 rings (SSSR count). The SMILES string of the molecule is Nc1ncc(-c2cnn(C3CCOCC3)c2)c2occc12. The second-order valence-electron chi connectivity index (χ2n) is 5.27. The van der Waals surface area contributed by atoms with Crippen molar-refractivity contribution in [1.82, 2.24) is 14.8 Å². The van der Waals surface area contributed by atoms with Gasteiger partial charge in [-0.2, -0.15) is 5.10 Å². The van der Waals surface area contributed by atoms with E-state index < -0.39 is 0 Å². The molecule has 21 heavy (non-hydrogen) atoms. The Labute approximate surface area is 121 Å². The molecule has 3 aromatic rings. The molecule has 4 heterocycles. The van der Waals surface area contributed by atoms with E-state index in [9.17, 15) is 0 Å². The van der Waals surface area contributed by atoms with Gasteiger partial charge in [0, 0.05) is 36.7 Å². The lowest BCUT2D eigenvalue weighted by atomic mass is 10.1. The standard InChI is InChI=1S/C15H16N4O2/c16-15-12-3-6-21-14(12)13(8-17-15)10-7-18-19(9-10)11-1-4-20-5-2-11/h3,6-9,11H,1-2,4-5H2,(H2,16,17). The van der Waals surface area contributed by atoms with Crippen molar-refractivity contribution in [3.8, 4) is 11.1 Å². The lowest BCUT2D eigenvalue weighted by Crippen LogP contribution is -2.19. The number of hydrogen-bond donors (Lipinski definition) is 1. The van der Waals surface area contributed by atoms with Crippen molar-refractivity contribution >= 4 is 16.8 Å². The number of nitrogens with two attached hydrogens (primary N) is 1. The van der Waals surface area contributed by atoms with Crippen molar-refractivity contribution < 1.29 is 9.15 Å². The number of anilines is 1. The van der Waals surface area contributed by atoms with Gasteiger partial charge < -0.3 is 14.9 Å². The molecule has 6 nitrogen and oxygen atoms in total. The number of hydrogen-bond acceptors (Lipinski definition) is 5. The molecule has 1 fully saturated rings. The fraction of sp³-hybridized carbons (Fsp3) is 0.333. The number of nitrogens with zero attached hydrogens (tertiary/aromatic N) is 3. The Bertz CT molecular complexity index is 771. The molecule has 0 bridgehead atoms. The third-order valence-corrected chi connectivity index (χ3v) is 4.00. The van der Waals surface area contributed by atoms with Crippen LogP contribution in [0.15, 0.2) is 35.3 Å². The molecule has 1 aliphatic heterocycles. The van der Waals surface area contributed by atoms with E-state index in [1.807, 2.05) is 23.1 Å². The highest BCUT2D eigenvalue weighted by Gasteiger charge is 2.18. The zero-order valence-electron chi connectivity index (χ0n) is 11.5. The predicted molar refractivity (Wildman–Crippen MR) is 78.7 cm³/mol. The monoisotopic (exact) mass is 284 g/mol. The molecule has 0 amide bonds. The average molecular weight is 284 g/mol. The summed E-state index contributed by atoms with van der Waals surface area (Å²) in [5.74, 6) is 0.485. The van der Waals surface area contributed by atoms with Gasteiger partial charge >= 0.3 is 0 Å². The summed E-state index contributed by atoms with van der Waals surface area (Å²) >= 11 is 0. The lowest BCUT2D eigenvalue weighted by Gasteiger charge is -2.22. The van der Waals surface area contributed by atoms with Gasteiger partial charge in [-0.25, -0.2) is 4.98 Å². The Morgan fingerprint density at radius 1 is 1.24 bits per heavy atom. The largest absolute Gasteiger partial charge is 0.463 e. The molecular formula is C15H16N4O2. The van der Waals surface area contributed by atoms with Crippen LogP contribution in [-0.4, -0.2) is 28.0 Å². The van der Waals surface area contributed by atoms with Crippen molar-refractivity contribution in [3.05, 3.63) is 30.9 Å². The minimum Gasteiger partial charge on any atom is -0.463 e. The molecule has 1 aliphatic rings. The number of pyridine rings is 1. The lowest BCUT2D eigenvalue weighted by molar-refractivity contribution is 0.0662. The maximum absolute atomic E-state index is 5.86. The zero-order valence-corrected chi connectivity index (χ0v) is 11.5. The van der Waals surface area contributed by atoms with E-state index in [2.05, 4.69) is 10.1 Å². The summed E-state index contributed by atoms with van der Waals surface area (Å²) < 4.78 is 13.0. The zero-order chi connectivity index (χ0) is 14.2. The van der Waals surface area contributed by atoms with Crippen LogP contribution in [0.25, 0.3) is 22.1 Å². The van der Waals surface area contributed by atoms with Crippen LogP contribution in [0.3, 0.4) is 0 Å². The molecule has 108 valence electrons. The maximum Gasteiger partial charge on any atom is 0.147 e. The van der Waals surface area contributed by atoms with Crippen LogP contribution < -0.4 is 5.73 Å². The first-order chi connectivity index (χ1) is 10.3. The van der Waals surface area contributed by atoms with Crippen molar-refractivity contribution in [3.63, 3.8) is 0 Å². The molecule has 0 aromatic carbocycles. The number of aromatic nitrogens is 3. The summed E-state index contributed by atoms with van der Waals surface area (Å²) in [6.07, 6.45) is 9.27. The fourth-order valence-electron chi connectivity index (χ4n) is 2.81. The van der Waals surface area contributed by atoms with E-state index in [-0.39, 0.29) is 0 Å². The number of rotatable bonds is 2. The Morgan fingerprint density at radius 3 is 2.95 bits per heavy atom. The molecule has 0 unspecified atom stereocenters. The third-order valence-electron chi connectivity index (χ3n) is 4.00. The second kappa shape index (κ2) is 4.89. The van der Waals surface area contributed by atoms with Gasteiger partial charge in [0.25, 0.3) is 0 Å². The van der Waals surface area contributed by atoms with Crippen LogP contribution in [0.2, 0.25) is 0 Å². The van der Waals surface area contributed by atoms with Crippen LogP contribution in [0, 0.1) is 0 Å². The average Bonchev–Trinajstić information content (AvgIpc) is 3.18. The van der Waals surface area contributed by atoms with E-state index in [0.29, 0.717) is 11.9 Å². The number of furan rings is 1. The van der Waals surface area contributed by atoms with Crippen LogP contribution in [0.4, 0.5) is 5.82 Å². The molecule has 0 aliphatic carbocycles. The van der Waals surface area contributed by atoms with Gasteiger partial charge in [-0.15, -0.1) is 0 Å². The minimum absolute atomic E-state index is 0.404. The molecule has 6 heteroatoms. The fourth-order valence-corrected chi connectivity index (χ4v) is 2.81. The van der Waals surface area contributed by atoms with Gasteiger partial charge in [0.2, 0.25) is 0 Å². The smallest absolute Gasteiger partial charge is 0.147 e. The Balaban J connectivity index is 1.74. The van der Waals surface area contributed by atoms with E-state index >= 15 is 0 Å². The predicted octanol–water partition coefficient (Wildman–Crippen LogP) is 2.63.